The number of aromatic hydroxyl groups is 1. The van der Waals surface area contributed by atoms with Crippen molar-refractivity contribution < 1.29 is 5.11 Å². The average Bonchev–Trinajstić information content (AvgIpc) is 2.62. The topological polar surface area (TPSA) is 56.0 Å². The van der Waals surface area contributed by atoms with Crippen LogP contribution in [0.3, 0.4) is 0 Å². The van der Waals surface area contributed by atoms with Gasteiger partial charge in [-0.15, -0.1) is 0 Å². The van der Waals surface area contributed by atoms with Gasteiger partial charge in [-0.05, 0) is 47.0 Å². The molecule has 0 saturated heterocycles. The van der Waals surface area contributed by atoms with Crippen molar-refractivity contribution >= 4 is 5.69 Å². The largest absolute Gasteiger partial charge is 0.508 e. The predicted octanol–water partition coefficient (Wildman–Crippen LogP) is 4.54. The minimum Gasteiger partial charge on any atom is -0.508 e. The van der Waals surface area contributed by atoms with Gasteiger partial charge in [0.05, 0.1) is 11.6 Å². The lowest BCUT2D eigenvalue weighted by Crippen LogP contribution is -1.98. The van der Waals surface area contributed by atoms with E-state index in [1.165, 1.54) is 0 Å². The van der Waals surface area contributed by atoms with Crippen LogP contribution >= 0.6 is 0 Å². The van der Waals surface area contributed by atoms with Crippen LogP contribution in [-0.4, -0.2) is 5.11 Å². The molecule has 0 fully saturated rings. The molecule has 0 saturated carbocycles. The number of anilines is 1. The number of hydrogen-bond acceptors (Lipinski definition) is 3. The van der Waals surface area contributed by atoms with E-state index in [2.05, 4.69) is 23.5 Å². The Hall–Kier alpha value is -3.25. The van der Waals surface area contributed by atoms with Gasteiger partial charge in [0, 0.05) is 12.2 Å². The van der Waals surface area contributed by atoms with E-state index in [1.807, 2.05) is 48.5 Å². The molecule has 3 rings (SSSR count). The standard InChI is InChI=1S/C20H16N2O/c21-13-17-3-1-2-4-20(17)16-7-5-15(6-8-16)14-22-18-9-11-19(23)12-10-18/h1-12,22-23H,14H2. The van der Waals surface area contributed by atoms with Crippen molar-refractivity contribution in [2.75, 3.05) is 5.32 Å². The summed E-state index contributed by atoms with van der Waals surface area (Å²) in [5.74, 6) is 0.260. The van der Waals surface area contributed by atoms with Gasteiger partial charge in [-0.2, -0.15) is 5.26 Å². The Morgan fingerprint density at radius 3 is 2.26 bits per heavy atom. The first-order valence-electron chi connectivity index (χ1n) is 7.37. The third-order valence-electron chi connectivity index (χ3n) is 3.68. The molecule has 3 aromatic carbocycles. The van der Waals surface area contributed by atoms with Crippen molar-refractivity contribution in [2.45, 2.75) is 6.54 Å². The van der Waals surface area contributed by atoms with E-state index in [0.29, 0.717) is 12.1 Å². The third kappa shape index (κ3) is 3.50. The lowest BCUT2D eigenvalue weighted by molar-refractivity contribution is 0.475. The molecule has 0 aliphatic heterocycles. The molecule has 112 valence electrons. The fourth-order valence-corrected chi connectivity index (χ4v) is 2.42. The highest BCUT2D eigenvalue weighted by Gasteiger charge is 2.03. The zero-order valence-electron chi connectivity index (χ0n) is 12.5. The van der Waals surface area contributed by atoms with Gasteiger partial charge in [-0.1, -0.05) is 42.5 Å². The number of hydrogen-bond donors (Lipinski definition) is 2. The summed E-state index contributed by atoms with van der Waals surface area (Å²) in [4.78, 5) is 0. The number of rotatable bonds is 4. The fourth-order valence-electron chi connectivity index (χ4n) is 2.42. The summed E-state index contributed by atoms with van der Waals surface area (Å²) in [7, 11) is 0. The first-order valence-corrected chi connectivity index (χ1v) is 7.37. The molecule has 3 nitrogen and oxygen atoms in total. The zero-order chi connectivity index (χ0) is 16.1. The highest BCUT2D eigenvalue weighted by molar-refractivity contribution is 5.70. The van der Waals surface area contributed by atoms with Crippen LogP contribution in [0.1, 0.15) is 11.1 Å². The van der Waals surface area contributed by atoms with Crippen LogP contribution in [0.2, 0.25) is 0 Å². The molecule has 0 aliphatic carbocycles. The maximum absolute atomic E-state index is 9.27. The van der Waals surface area contributed by atoms with Gasteiger partial charge in [0.15, 0.2) is 0 Å². The Morgan fingerprint density at radius 1 is 0.870 bits per heavy atom. The van der Waals surface area contributed by atoms with Gasteiger partial charge in [0.25, 0.3) is 0 Å². The van der Waals surface area contributed by atoms with Gasteiger partial charge in [-0.25, -0.2) is 0 Å². The Bertz CT molecular complexity index is 831. The lowest BCUT2D eigenvalue weighted by atomic mass is 9.99. The van der Waals surface area contributed by atoms with Crippen molar-refractivity contribution in [1.29, 1.82) is 5.26 Å². The van der Waals surface area contributed by atoms with E-state index in [9.17, 15) is 10.4 Å². The Morgan fingerprint density at radius 2 is 1.57 bits per heavy atom. The van der Waals surface area contributed by atoms with Gasteiger partial charge in [-0.3, -0.25) is 0 Å². The van der Waals surface area contributed by atoms with Crippen LogP contribution in [0, 0.1) is 11.3 Å². The third-order valence-corrected chi connectivity index (χ3v) is 3.68. The van der Waals surface area contributed by atoms with E-state index < -0.39 is 0 Å². The molecular formula is C20H16N2O. The molecule has 0 aliphatic rings. The number of phenolic OH excluding ortho intramolecular Hbond substituents is 1. The highest BCUT2D eigenvalue weighted by Crippen LogP contribution is 2.23. The number of phenols is 1. The summed E-state index contributed by atoms with van der Waals surface area (Å²) in [6, 6.07) is 25.0. The van der Waals surface area contributed by atoms with Crippen molar-refractivity contribution in [1.82, 2.24) is 0 Å². The molecule has 0 spiro atoms. The van der Waals surface area contributed by atoms with Gasteiger partial charge in [0.2, 0.25) is 0 Å². The molecule has 3 aromatic rings. The van der Waals surface area contributed by atoms with Gasteiger partial charge >= 0.3 is 0 Å². The first kappa shape index (κ1) is 14.7. The van der Waals surface area contributed by atoms with E-state index in [-0.39, 0.29) is 5.75 Å². The Balaban J connectivity index is 1.72. The monoisotopic (exact) mass is 300 g/mol. The predicted molar refractivity (Wildman–Crippen MR) is 92.0 cm³/mol. The van der Waals surface area contributed by atoms with E-state index in [0.717, 1.165) is 22.4 Å². The number of benzene rings is 3. The number of nitriles is 1. The van der Waals surface area contributed by atoms with Gasteiger partial charge < -0.3 is 10.4 Å². The van der Waals surface area contributed by atoms with E-state index in [1.54, 1.807) is 12.1 Å². The molecule has 2 N–H and O–H groups in total. The second kappa shape index (κ2) is 6.67. The Kier molecular flexibility index (Phi) is 4.26. The molecule has 0 radical (unpaired) electrons. The second-order valence-corrected chi connectivity index (χ2v) is 5.25. The van der Waals surface area contributed by atoms with Crippen molar-refractivity contribution in [3.63, 3.8) is 0 Å². The lowest BCUT2D eigenvalue weighted by Gasteiger charge is -2.08. The maximum Gasteiger partial charge on any atom is 0.115 e. The summed E-state index contributed by atoms with van der Waals surface area (Å²) in [5.41, 5.74) is 4.78. The van der Waals surface area contributed by atoms with Crippen molar-refractivity contribution in [3.8, 4) is 22.9 Å². The highest BCUT2D eigenvalue weighted by atomic mass is 16.3. The molecule has 0 amide bonds. The normalized spacial score (nSPS) is 10.0. The van der Waals surface area contributed by atoms with Crippen LogP contribution in [0.4, 0.5) is 5.69 Å². The summed E-state index contributed by atoms with van der Waals surface area (Å²) >= 11 is 0. The Labute approximate surface area is 135 Å². The first-order chi connectivity index (χ1) is 11.3. The summed E-state index contributed by atoms with van der Waals surface area (Å²) in [5, 5.41) is 21.8. The molecule has 0 heterocycles. The van der Waals surface area contributed by atoms with Crippen LogP contribution in [0.25, 0.3) is 11.1 Å². The minimum atomic E-state index is 0.260. The molecule has 23 heavy (non-hydrogen) atoms. The minimum absolute atomic E-state index is 0.260. The molecular weight excluding hydrogens is 284 g/mol. The fraction of sp³-hybridized carbons (Fsp3) is 0.0500. The summed E-state index contributed by atoms with van der Waals surface area (Å²) < 4.78 is 0. The van der Waals surface area contributed by atoms with E-state index >= 15 is 0 Å². The smallest absolute Gasteiger partial charge is 0.115 e. The maximum atomic E-state index is 9.27. The average molecular weight is 300 g/mol. The number of nitrogens with zero attached hydrogens (tertiary/aromatic N) is 1. The molecule has 0 bridgehead atoms. The summed E-state index contributed by atoms with van der Waals surface area (Å²) in [6.45, 7) is 0.699. The molecule has 0 atom stereocenters. The van der Waals surface area contributed by atoms with Crippen molar-refractivity contribution in [3.05, 3.63) is 83.9 Å². The van der Waals surface area contributed by atoms with Crippen LogP contribution in [0.15, 0.2) is 72.8 Å². The molecule has 0 unspecified atom stereocenters. The van der Waals surface area contributed by atoms with E-state index in [4.69, 9.17) is 0 Å². The molecule has 0 aromatic heterocycles. The van der Waals surface area contributed by atoms with Crippen molar-refractivity contribution in [2.24, 2.45) is 0 Å². The van der Waals surface area contributed by atoms with Crippen LogP contribution in [-0.2, 0) is 6.54 Å². The zero-order valence-corrected chi connectivity index (χ0v) is 12.5. The molecule has 3 heteroatoms. The number of nitrogens with one attached hydrogen (secondary N) is 1. The van der Waals surface area contributed by atoms with Crippen LogP contribution < -0.4 is 5.32 Å². The van der Waals surface area contributed by atoms with Crippen LogP contribution in [0.5, 0.6) is 5.75 Å². The SMILES string of the molecule is N#Cc1ccccc1-c1ccc(CNc2ccc(O)cc2)cc1. The second-order valence-electron chi connectivity index (χ2n) is 5.25. The summed E-state index contributed by atoms with van der Waals surface area (Å²) in [6.07, 6.45) is 0. The quantitative estimate of drug-likeness (QED) is 0.695. The van der Waals surface area contributed by atoms with Gasteiger partial charge in [0.1, 0.15) is 5.75 Å².